The van der Waals surface area contributed by atoms with Crippen LogP contribution in [-0.2, 0) is 11.2 Å². The van der Waals surface area contributed by atoms with Gasteiger partial charge < -0.3 is 20.7 Å². The van der Waals surface area contributed by atoms with Crippen molar-refractivity contribution in [3.05, 3.63) is 54.6 Å². The van der Waals surface area contributed by atoms with Crippen LogP contribution in [0.15, 0.2) is 48.9 Å². The summed E-state index contributed by atoms with van der Waals surface area (Å²) in [4.78, 5) is 8.42. The minimum Gasteiger partial charge on any atom is -0.382 e. The first-order valence-electron chi connectivity index (χ1n) is 8.48. The maximum Gasteiger partial charge on any atom is 0.0632 e. The summed E-state index contributed by atoms with van der Waals surface area (Å²) in [6.45, 7) is 4.17. The number of aromatic nitrogens is 2. The standard InChI is InChI=1S/C18H25N5O/c1-2-8-21-15(4-1)6-9-24-14-18-12-20-11-17(23-18)13-22-16-5-3-7-19-10-16/h1-5,7-8,10,17-18,20,22-23H,6,9,11-14H2. The summed E-state index contributed by atoms with van der Waals surface area (Å²) < 4.78 is 5.82. The molecule has 0 saturated carbocycles. The van der Waals surface area contributed by atoms with Gasteiger partial charge in [-0.15, -0.1) is 0 Å². The zero-order valence-electron chi connectivity index (χ0n) is 13.8. The van der Waals surface area contributed by atoms with Gasteiger partial charge in [-0.25, -0.2) is 0 Å². The molecule has 1 aliphatic heterocycles. The van der Waals surface area contributed by atoms with Crippen molar-refractivity contribution in [1.29, 1.82) is 0 Å². The molecule has 1 saturated heterocycles. The van der Waals surface area contributed by atoms with Crippen LogP contribution in [0.1, 0.15) is 5.69 Å². The van der Waals surface area contributed by atoms with Crippen LogP contribution in [0.3, 0.4) is 0 Å². The second kappa shape index (κ2) is 9.32. The molecular formula is C18H25N5O. The molecule has 2 unspecified atom stereocenters. The van der Waals surface area contributed by atoms with Crippen LogP contribution in [0.5, 0.6) is 0 Å². The van der Waals surface area contributed by atoms with Crippen LogP contribution in [0, 0.1) is 0 Å². The van der Waals surface area contributed by atoms with Crippen LogP contribution < -0.4 is 16.0 Å². The summed E-state index contributed by atoms with van der Waals surface area (Å²) in [5.74, 6) is 0. The van der Waals surface area contributed by atoms with Crippen LogP contribution >= 0.6 is 0 Å². The third kappa shape index (κ3) is 5.56. The van der Waals surface area contributed by atoms with Gasteiger partial charge in [0.15, 0.2) is 0 Å². The van der Waals surface area contributed by atoms with E-state index >= 15 is 0 Å². The highest BCUT2D eigenvalue weighted by Gasteiger charge is 2.20. The average molecular weight is 327 g/mol. The molecule has 3 rings (SSSR count). The fourth-order valence-corrected chi connectivity index (χ4v) is 2.78. The molecule has 3 N–H and O–H groups in total. The predicted octanol–water partition coefficient (Wildman–Crippen LogP) is 1.08. The molecule has 1 aliphatic rings. The van der Waals surface area contributed by atoms with E-state index in [9.17, 15) is 0 Å². The van der Waals surface area contributed by atoms with Crippen molar-refractivity contribution in [3.63, 3.8) is 0 Å². The summed E-state index contributed by atoms with van der Waals surface area (Å²) in [5.41, 5.74) is 2.12. The molecule has 24 heavy (non-hydrogen) atoms. The largest absolute Gasteiger partial charge is 0.382 e. The van der Waals surface area contributed by atoms with Crippen molar-refractivity contribution in [1.82, 2.24) is 20.6 Å². The summed E-state index contributed by atoms with van der Waals surface area (Å²) in [6.07, 6.45) is 6.30. The summed E-state index contributed by atoms with van der Waals surface area (Å²) in [6, 6.07) is 10.7. The Balaban J connectivity index is 1.33. The average Bonchev–Trinajstić information content (AvgIpc) is 2.66. The van der Waals surface area contributed by atoms with E-state index < -0.39 is 0 Å². The Morgan fingerprint density at radius 1 is 1.12 bits per heavy atom. The first kappa shape index (κ1) is 16.8. The van der Waals surface area contributed by atoms with E-state index in [4.69, 9.17) is 4.74 Å². The molecule has 0 bridgehead atoms. The van der Waals surface area contributed by atoms with Gasteiger partial charge in [-0.3, -0.25) is 9.97 Å². The van der Waals surface area contributed by atoms with Crippen molar-refractivity contribution in [2.75, 3.05) is 38.2 Å². The van der Waals surface area contributed by atoms with Gasteiger partial charge in [0.1, 0.15) is 0 Å². The van der Waals surface area contributed by atoms with Crippen LogP contribution in [0.2, 0.25) is 0 Å². The topological polar surface area (TPSA) is 71.1 Å². The SMILES string of the molecule is c1ccc(CCOCC2CNCC(CNc3cccnc3)N2)nc1. The van der Waals surface area contributed by atoms with Crippen LogP contribution in [0.4, 0.5) is 5.69 Å². The molecule has 3 heterocycles. The smallest absolute Gasteiger partial charge is 0.0632 e. The Morgan fingerprint density at radius 2 is 2.08 bits per heavy atom. The number of nitrogens with one attached hydrogen (secondary N) is 3. The molecule has 1 fully saturated rings. The van der Waals surface area contributed by atoms with E-state index in [0.717, 1.165) is 37.4 Å². The fraction of sp³-hybridized carbons (Fsp3) is 0.444. The van der Waals surface area contributed by atoms with E-state index in [2.05, 4.69) is 25.9 Å². The molecule has 0 spiro atoms. The second-order valence-electron chi connectivity index (χ2n) is 5.99. The molecular weight excluding hydrogens is 302 g/mol. The van der Waals surface area contributed by atoms with Crippen molar-refractivity contribution < 1.29 is 4.74 Å². The number of rotatable bonds is 8. The molecule has 0 aromatic carbocycles. The highest BCUT2D eigenvalue weighted by atomic mass is 16.5. The van der Waals surface area contributed by atoms with Crippen LogP contribution in [-0.4, -0.2) is 54.9 Å². The predicted molar refractivity (Wildman–Crippen MR) is 95.1 cm³/mol. The molecule has 0 aliphatic carbocycles. The lowest BCUT2D eigenvalue weighted by molar-refractivity contribution is 0.103. The number of ether oxygens (including phenoxy) is 1. The van der Waals surface area contributed by atoms with Gasteiger partial charge in [-0.1, -0.05) is 6.07 Å². The molecule has 0 radical (unpaired) electrons. The van der Waals surface area contributed by atoms with Crippen molar-refractivity contribution in [3.8, 4) is 0 Å². The highest BCUT2D eigenvalue weighted by Crippen LogP contribution is 2.04. The number of pyridine rings is 2. The van der Waals surface area contributed by atoms with E-state index in [1.54, 1.807) is 6.20 Å². The molecule has 0 amide bonds. The molecule has 2 aromatic rings. The normalized spacial score (nSPS) is 20.7. The lowest BCUT2D eigenvalue weighted by Gasteiger charge is -2.32. The Morgan fingerprint density at radius 3 is 2.92 bits per heavy atom. The summed E-state index contributed by atoms with van der Waals surface area (Å²) in [7, 11) is 0. The van der Waals surface area contributed by atoms with Crippen molar-refractivity contribution in [2.45, 2.75) is 18.5 Å². The van der Waals surface area contributed by atoms with Gasteiger partial charge in [0.2, 0.25) is 0 Å². The zero-order valence-corrected chi connectivity index (χ0v) is 13.8. The van der Waals surface area contributed by atoms with E-state index in [1.165, 1.54) is 0 Å². The number of piperazine rings is 1. The Bertz CT molecular complexity index is 580. The second-order valence-corrected chi connectivity index (χ2v) is 5.99. The minimum absolute atomic E-state index is 0.336. The van der Waals surface area contributed by atoms with Crippen LogP contribution in [0.25, 0.3) is 0 Å². The summed E-state index contributed by atoms with van der Waals surface area (Å²) >= 11 is 0. The van der Waals surface area contributed by atoms with E-state index in [1.807, 2.05) is 42.7 Å². The molecule has 2 atom stereocenters. The number of nitrogens with zero attached hydrogens (tertiary/aromatic N) is 2. The van der Waals surface area contributed by atoms with E-state index in [-0.39, 0.29) is 0 Å². The maximum absolute atomic E-state index is 5.82. The lowest BCUT2D eigenvalue weighted by Crippen LogP contribution is -2.58. The maximum atomic E-state index is 5.82. The molecule has 128 valence electrons. The van der Waals surface area contributed by atoms with Gasteiger partial charge >= 0.3 is 0 Å². The third-order valence-electron chi connectivity index (χ3n) is 4.01. The van der Waals surface area contributed by atoms with Crippen molar-refractivity contribution in [2.24, 2.45) is 0 Å². The Hall–Kier alpha value is -2.02. The van der Waals surface area contributed by atoms with Gasteiger partial charge in [-0.05, 0) is 24.3 Å². The molecule has 6 nitrogen and oxygen atoms in total. The monoisotopic (exact) mass is 327 g/mol. The quantitative estimate of drug-likeness (QED) is 0.630. The number of hydrogen-bond donors (Lipinski definition) is 3. The number of anilines is 1. The first-order chi connectivity index (χ1) is 11.9. The Kier molecular flexibility index (Phi) is 6.53. The van der Waals surface area contributed by atoms with Gasteiger partial charge in [0, 0.05) is 62.4 Å². The number of hydrogen-bond acceptors (Lipinski definition) is 6. The lowest BCUT2D eigenvalue weighted by atomic mass is 10.1. The zero-order chi connectivity index (χ0) is 16.5. The van der Waals surface area contributed by atoms with Gasteiger partial charge in [-0.2, -0.15) is 0 Å². The summed E-state index contributed by atoms with van der Waals surface area (Å²) in [5, 5.41) is 10.5. The van der Waals surface area contributed by atoms with Crippen molar-refractivity contribution >= 4 is 5.69 Å². The molecule has 6 heteroatoms. The minimum atomic E-state index is 0.336. The fourth-order valence-electron chi connectivity index (χ4n) is 2.78. The highest BCUT2D eigenvalue weighted by molar-refractivity contribution is 5.39. The third-order valence-corrected chi connectivity index (χ3v) is 4.01. The Labute approximate surface area is 143 Å². The molecule has 2 aromatic heterocycles. The first-order valence-corrected chi connectivity index (χ1v) is 8.48. The van der Waals surface area contributed by atoms with Gasteiger partial charge in [0.25, 0.3) is 0 Å². The van der Waals surface area contributed by atoms with Gasteiger partial charge in [0.05, 0.1) is 18.9 Å². The van der Waals surface area contributed by atoms with E-state index in [0.29, 0.717) is 25.3 Å².